The van der Waals surface area contributed by atoms with E-state index in [1.807, 2.05) is 11.3 Å². The molecule has 20 heavy (non-hydrogen) atoms. The third-order valence-electron chi connectivity index (χ3n) is 4.40. The second-order valence-corrected chi connectivity index (χ2v) is 7.01. The van der Waals surface area contributed by atoms with Crippen molar-refractivity contribution in [3.8, 4) is 0 Å². The van der Waals surface area contributed by atoms with Gasteiger partial charge in [0.25, 0.3) is 0 Å². The van der Waals surface area contributed by atoms with Crippen LogP contribution in [0, 0.1) is 5.92 Å². The maximum atomic E-state index is 5.58. The molecule has 0 aromatic carbocycles. The Labute approximate surface area is 125 Å². The molecule has 1 saturated heterocycles. The molecule has 1 aliphatic heterocycles. The first-order valence-electron chi connectivity index (χ1n) is 7.73. The summed E-state index contributed by atoms with van der Waals surface area (Å²) in [7, 11) is 4.23. The molecule has 5 heteroatoms. The number of fused-ring (bicyclic) bond motifs is 1. The van der Waals surface area contributed by atoms with Crippen molar-refractivity contribution in [2.24, 2.45) is 5.92 Å². The summed E-state index contributed by atoms with van der Waals surface area (Å²) in [6.45, 7) is 2.92. The minimum absolute atomic E-state index is 0.511. The third-order valence-corrected chi connectivity index (χ3v) is 5.73. The first-order valence-corrected chi connectivity index (χ1v) is 8.55. The highest BCUT2D eigenvalue weighted by molar-refractivity contribution is 7.15. The van der Waals surface area contributed by atoms with Crippen molar-refractivity contribution in [3.05, 3.63) is 10.6 Å². The van der Waals surface area contributed by atoms with Gasteiger partial charge >= 0.3 is 0 Å². The number of hydrogen-bond donors (Lipinski definition) is 1. The summed E-state index contributed by atoms with van der Waals surface area (Å²) in [4.78, 5) is 8.67. The Kier molecular flexibility index (Phi) is 4.58. The molecule has 1 aromatic heterocycles. The zero-order valence-electron chi connectivity index (χ0n) is 12.5. The summed E-state index contributed by atoms with van der Waals surface area (Å²) in [6.07, 6.45) is 6.13. The fraction of sp³-hybridized carbons (Fsp3) is 0.800. The van der Waals surface area contributed by atoms with Crippen molar-refractivity contribution in [1.29, 1.82) is 0 Å². The molecule has 112 valence electrons. The Balaban J connectivity index is 1.68. The Morgan fingerprint density at radius 2 is 2.30 bits per heavy atom. The molecule has 1 aromatic rings. The van der Waals surface area contributed by atoms with E-state index < -0.39 is 0 Å². The minimum atomic E-state index is 0.511. The number of nitrogens with one attached hydrogen (secondary N) is 1. The third kappa shape index (κ3) is 3.00. The molecule has 0 amide bonds. The minimum Gasteiger partial charge on any atom is -0.381 e. The lowest BCUT2D eigenvalue weighted by molar-refractivity contribution is 0.0576. The molecular formula is C15H25N3OS. The highest BCUT2D eigenvalue weighted by Gasteiger charge is 2.25. The predicted molar refractivity (Wildman–Crippen MR) is 83.7 cm³/mol. The fourth-order valence-electron chi connectivity index (χ4n) is 3.26. The van der Waals surface area contributed by atoms with Gasteiger partial charge in [0.1, 0.15) is 0 Å². The van der Waals surface area contributed by atoms with E-state index in [0.29, 0.717) is 12.0 Å². The van der Waals surface area contributed by atoms with Gasteiger partial charge in [-0.25, -0.2) is 4.98 Å². The van der Waals surface area contributed by atoms with Crippen LogP contribution in [0.15, 0.2) is 0 Å². The van der Waals surface area contributed by atoms with Crippen molar-refractivity contribution in [2.45, 2.75) is 38.1 Å². The van der Waals surface area contributed by atoms with Crippen LogP contribution in [0.5, 0.6) is 0 Å². The van der Waals surface area contributed by atoms with Crippen LogP contribution in [0.4, 0.5) is 5.13 Å². The van der Waals surface area contributed by atoms with Crippen LogP contribution in [0.2, 0.25) is 0 Å². The van der Waals surface area contributed by atoms with E-state index in [-0.39, 0.29) is 0 Å². The summed E-state index contributed by atoms with van der Waals surface area (Å²) >= 11 is 1.88. The van der Waals surface area contributed by atoms with Crippen LogP contribution in [-0.4, -0.2) is 38.8 Å². The van der Waals surface area contributed by atoms with Crippen molar-refractivity contribution in [3.63, 3.8) is 0 Å². The molecule has 2 aliphatic rings. The standard InChI is InChI=1S/C15H25N3OS/c1-16-12-6-3-7-13-14(12)20-15(17-13)18(2)9-11-5-4-8-19-10-11/h11-12,16H,3-10H2,1-2H3. The lowest BCUT2D eigenvalue weighted by atomic mass is 9.98. The molecule has 2 atom stereocenters. The summed E-state index contributed by atoms with van der Waals surface area (Å²) in [6, 6.07) is 0.511. The highest BCUT2D eigenvalue weighted by Crippen LogP contribution is 2.37. The van der Waals surface area contributed by atoms with E-state index in [1.165, 1.54) is 41.4 Å². The van der Waals surface area contributed by atoms with Gasteiger partial charge in [-0.2, -0.15) is 0 Å². The number of nitrogens with zero attached hydrogens (tertiary/aromatic N) is 2. The number of aryl methyl sites for hydroxylation is 1. The quantitative estimate of drug-likeness (QED) is 0.926. The zero-order chi connectivity index (χ0) is 13.9. The molecule has 4 nitrogen and oxygen atoms in total. The van der Waals surface area contributed by atoms with Crippen LogP contribution in [0.1, 0.15) is 42.3 Å². The molecule has 1 aliphatic carbocycles. The van der Waals surface area contributed by atoms with Gasteiger partial charge in [-0.15, -0.1) is 0 Å². The Morgan fingerprint density at radius 3 is 3.05 bits per heavy atom. The Bertz CT molecular complexity index is 442. The van der Waals surface area contributed by atoms with Gasteiger partial charge in [0.15, 0.2) is 5.13 Å². The largest absolute Gasteiger partial charge is 0.381 e. The average molecular weight is 295 g/mol. The first kappa shape index (κ1) is 14.3. The van der Waals surface area contributed by atoms with E-state index in [1.54, 1.807) is 0 Å². The van der Waals surface area contributed by atoms with Crippen LogP contribution >= 0.6 is 11.3 Å². The van der Waals surface area contributed by atoms with Crippen LogP contribution in [-0.2, 0) is 11.2 Å². The van der Waals surface area contributed by atoms with E-state index in [9.17, 15) is 0 Å². The van der Waals surface area contributed by atoms with E-state index in [2.05, 4.69) is 24.3 Å². The zero-order valence-corrected chi connectivity index (χ0v) is 13.3. The number of thiazole rings is 1. The van der Waals surface area contributed by atoms with Crippen molar-refractivity contribution < 1.29 is 4.74 Å². The number of anilines is 1. The smallest absolute Gasteiger partial charge is 0.185 e. The summed E-state index contributed by atoms with van der Waals surface area (Å²) in [5.74, 6) is 0.662. The maximum Gasteiger partial charge on any atom is 0.185 e. The molecule has 3 rings (SSSR count). The lowest BCUT2D eigenvalue weighted by Gasteiger charge is -2.26. The van der Waals surface area contributed by atoms with Gasteiger partial charge in [0.2, 0.25) is 0 Å². The van der Waals surface area contributed by atoms with Crippen LogP contribution in [0.25, 0.3) is 0 Å². The van der Waals surface area contributed by atoms with Gasteiger partial charge in [-0.3, -0.25) is 0 Å². The molecule has 2 heterocycles. The average Bonchev–Trinajstić information content (AvgIpc) is 2.92. The van der Waals surface area contributed by atoms with E-state index in [4.69, 9.17) is 9.72 Å². The Morgan fingerprint density at radius 1 is 1.40 bits per heavy atom. The van der Waals surface area contributed by atoms with Crippen LogP contribution in [0.3, 0.4) is 0 Å². The first-order chi connectivity index (χ1) is 9.78. The number of aromatic nitrogens is 1. The number of ether oxygens (including phenoxy) is 1. The fourth-order valence-corrected chi connectivity index (χ4v) is 4.49. The topological polar surface area (TPSA) is 37.4 Å². The van der Waals surface area contributed by atoms with Gasteiger partial charge in [0, 0.05) is 31.1 Å². The van der Waals surface area contributed by atoms with E-state index in [0.717, 1.165) is 26.2 Å². The van der Waals surface area contributed by atoms with Gasteiger partial charge in [0.05, 0.1) is 12.3 Å². The molecule has 2 unspecified atom stereocenters. The van der Waals surface area contributed by atoms with Crippen molar-refractivity contribution in [2.75, 3.05) is 38.8 Å². The van der Waals surface area contributed by atoms with Gasteiger partial charge in [-0.05, 0) is 45.1 Å². The molecule has 0 radical (unpaired) electrons. The SMILES string of the molecule is CNC1CCCc2nc(N(C)CC3CCCOC3)sc21. The van der Waals surface area contributed by atoms with Gasteiger partial charge < -0.3 is 15.0 Å². The molecule has 1 N–H and O–H groups in total. The Hall–Kier alpha value is -0.650. The second-order valence-electron chi connectivity index (χ2n) is 6.00. The maximum absolute atomic E-state index is 5.58. The second kappa shape index (κ2) is 6.41. The summed E-state index contributed by atoms with van der Waals surface area (Å²) < 4.78 is 5.58. The highest BCUT2D eigenvalue weighted by atomic mass is 32.1. The molecule has 1 fully saturated rings. The predicted octanol–water partition coefficient (Wildman–Crippen LogP) is 2.60. The lowest BCUT2D eigenvalue weighted by Crippen LogP contribution is -2.30. The molecule has 0 bridgehead atoms. The van der Waals surface area contributed by atoms with E-state index >= 15 is 0 Å². The monoisotopic (exact) mass is 295 g/mol. The molecule has 0 saturated carbocycles. The summed E-state index contributed by atoms with van der Waals surface area (Å²) in [5, 5.41) is 4.61. The number of hydrogen-bond acceptors (Lipinski definition) is 5. The van der Waals surface area contributed by atoms with Gasteiger partial charge in [-0.1, -0.05) is 11.3 Å². The molecular weight excluding hydrogens is 270 g/mol. The summed E-state index contributed by atoms with van der Waals surface area (Å²) in [5.41, 5.74) is 1.32. The van der Waals surface area contributed by atoms with Crippen molar-refractivity contribution >= 4 is 16.5 Å². The van der Waals surface area contributed by atoms with Crippen molar-refractivity contribution in [1.82, 2.24) is 10.3 Å². The number of rotatable bonds is 4. The van der Waals surface area contributed by atoms with Crippen LogP contribution < -0.4 is 10.2 Å². The molecule has 0 spiro atoms. The normalized spacial score (nSPS) is 26.3.